The standard InChI is InChI=1S/C29H24N4/c1-4-21-14-16-22(17-15-21)28-25(18-30)27(24-13-9-8-10-19(24)2)26-20(3)32-33(29(26)31-28)23-11-6-5-7-12-23/h5-17H,4H2,1-3H3. The third-order valence-electron chi connectivity index (χ3n) is 6.15. The number of hydrogen-bond acceptors (Lipinski definition) is 3. The first-order valence-corrected chi connectivity index (χ1v) is 11.2. The molecule has 0 bridgehead atoms. The van der Waals surface area contributed by atoms with Gasteiger partial charge < -0.3 is 0 Å². The number of fused-ring (bicyclic) bond motifs is 1. The Morgan fingerprint density at radius 2 is 1.58 bits per heavy atom. The van der Waals surface area contributed by atoms with E-state index in [9.17, 15) is 5.26 Å². The highest BCUT2D eigenvalue weighted by Gasteiger charge is 2.24. The number of hydrogen-bond donors (Lipinski definition) is 0. The Balaban J connectivity index is 1.93. The quantitative estimate of drug-likeness (QED) is 0.316. The highest BCUT2D eigenvalue weighted by molar-refractivity contribution is 6.02. The molecule has 2 aromatic heterocycles. The average Bonchev–Trinajstić information content (AvgIpc) is 3.20. The summed E-state index contributed by atoms with van der Waals surface area (Å²) in [6, 6.07) is 29.0. The number of aryl methyl sites for hydroxylation is 3. The SMILES string of the molecule is CCc1ccc(-c2nc3c(c(C)nn3-c3ccccc3)c(-c3ccccc3C)c2C#N)cc1. The number of rotatable bonds is 4. The molecule has 0 amide bonds. The van der Waals surface area contributed by atoms with Crippen molar-refractivity contribution < 1.29 is 0 Å². The van der Waals surface area contributed by atoms with Gasteiger partial charge in [-0.2, -0.15) is 10.4 Å². The monoisotopic (exact) mass is 428 g/mol. The van der Waals surface area contributed by atoms with Crippen LogP contribution in [0.3, 0.4) is 0 Å². The van der Waals surface area contributed by atoms with E-state index >= 15 is 0 Å². The van der Waals surface area contributed by atoms with E-state index in [1.807, 2.05) is 54.1 Å². The minimum absolute atomic E-state index is 0.580. The van der Waals surface area contributed by atoms with Gasteiger partial charge in [0.15, 0.2) is 5.65 Å². The Hall–Kier alpha value is -4.23. The summed E-state index contributed by atoms with van der Waals surface area (Å²) < 4.78 is 1.89. The second-order valence-corrected chi connectivity index (χ2v) is 8.22. The average molecular weight is 429 g/mol. The van der Waals surface area contributed by atoms with E-state index < -0.39 is 0 Å². The molecule has 5 rings (SSSR count). The van der Waals surface area contributed by atoms with E-state index in [1.165, 1.54) is 5.56 Å². The van der Waals surface area contributed by atoms with Crippen LogP contribution in [0, 0.1) is 25.2 Å². The fraction of sp³-hybridized carbons (Fsp3) is 0.138. The number of benzene rings is 3. The molecule has 0 saturated carbocycles. The first-order valence-electron chi connectivity index (χ1n) is 11.2. The van der Waals surface area contributed by atoms with Crippen LogP contribution in [0.25, 0.3) is 39.1 Å². The second kappa shape index (κ2) is 8.37. The van der Waals surface area contributed by atoms with Gasteiger partial charge in [-0.05, 0) is 49.1 Å². The Morgan fingerprint density at radius 3 is 2.24 bits per heavy atom. The van der Waals surface area contributed by atoms with Gasteiger partial charge in [0.25, 0.3) is 0 Å². The largest absolute Gasteiger partial charge is 0.226 e. The zero-order chi connectivity index (χ0) is 22.9. The zero-order valence-corrected chi connectivity index (χ0v) is 19.0. The topological polar surface area (TPSA) is 54.5 Å². The van der Waals surface area contributed by atoms with Crippen molar-refractivity contribution in [1.82, 2.24) is 14.8 Å². The molecule has 0 unspecified atom stereocenters. The lowest BCUT2D eigenvalue weighted by molar-refractivity contribution is 0.878. The van der Waals surface area contributed by atoms with Crippen LogP contribution in [-0.4, -0.2) is 14.8 Å². The lowest BCUT2D eigenvalue weighted by Gasteiger charge is -2.14. The minimum atomic E-state index is 0.580. The summed E-state index contributed by atoms with van der Waals surface area (Å²) in [4.78, 5) is 5.06. The van der Waals surface area contributed by atoms with Gasteiger partial charge in [-0.25, -0.2) is 9.67 Å². The minimum Gasteiger partial charge on any atom is -0.226 e. The third kappa shape index (κ3) is 3.48. The zero-order valence-electron chi connectivity index (χ0n) is 19.0. The first kappa shape index (κ1) is 20.7. The Kier molecular flexibility index (Phi) is 5.24. The second-order valence-electron chi connectivity index (χ2n) is 8.22. The van der Waals surface area contributed by atoms with Crippen LogP contribution in [-0.2, 0) is 6.42 Å². The van der Waals surface area contributed by atoms with E-state index in [4.69, 9.17) is 10.1 Å². The molecule has 0 atom stereocenters. The van der Waals surface area contributed by atoms with Crippen molar-refractivity contribution in [2.45, 2.75) is 27.2 Å². The fourth-order valence-corrected chi connectivity index (χ4v) is 4.40. The van der Waals surface area contributed by atoms with Crippen LogP contribution in [0.4, 0.5) is 0 Å². The number of para-hydroxylation sites is 1. The molecular formula is C29H24N4. The van der Waals surface area contributed by atoms with E-state index in [0.29, 0.717) is 11.3 Å². The van der Waals surface area contributed by atoms with E-state index in [2.05, 4.69) is 56.3 Å². The van der Waals surface area contributed by atoms with Gasteiger partial charge in [0.1, 0.15) is 6.07 Å². The molecule has 3 aromatic carbocycles. The van der Waals surface area contributed by atoms with Crippen LogP contribution in [0.2, 0.25) is 0 Å². The Bertz CT molecular complexity index is 1500. The fourth-order valence-electron chi connectivity index (χ4n) is 4.40. The molecule has 0 spiro atoms. The number of nitriles is 1. The molecule has 0 radical (unpaired) electrons. The molecule has 2 heterocycles. The number of pyridine rings is 1. The van der Waals surface area contributed by atoms with Gasteiger partial charge >= 0.3 is 0 Å². The highest BCUT2D eigenvalue weighted by atomic mass is 15.3. The molecule has 0 N–H and O–H groups in total. The molecule has 0 aliphatic carbocycles. The number of nitrogens with zero attached hydrogens (tertiary/aromatic N) is 4. The molecule has 0 aliphatic heterocycles. The van der Waals surface area contributed by atoms with Gasteiger partial charge in [-0.3, -0.25) is 0 Å². The molecule has 160 valence electrons. The highest BCUT2D eigenvalue weighted by Crippen LogP contribution is 2.39. The predicted molar refractivity (Wildman–Crippen MR) is 133 cm³/mol. The van der Waals surface area contributed by atoms with Crippen LogP contribution in [0.15, 0.2) is 78.9 Å². The maximum absolute atomic E-state index is 10.4. The van der Waals surface area contributed by atoms with Crippen molar-refractivity contribution in [2.75, 3.05) is 0 Å². The van der Waals surface area contributed by atoms with Crippen LogP contribution in [0.5, 0.6) is 0 Å². The van der Waals surface area contributed by atoms with Gasteiger partial charge in [-0.1, -0.05) is 73.7 Å². The smallest absolute Gasteiger partial charge is 0.164 e. The van der Waals surface area contributed by atoms with Gasteiger partial charge in [0.2, 0.25) is 0 Å². The van der Waals surface area contributed by atoms with Gasteiger partial charge in [-0.15, -0.1) is 0 Å². The summed E-state index contributed by atoms with van der Waals surface area (Å²) >= 11 is 0. The molecule has 0 fully saturated rings. The van der Waals surface area contributed by atoms with Crippen molar-refractivity contribution in [3.05, 3.63) is 101 Å². The molecule has 4 nitrogen and oxygen atoms in total. The normalized spacial score (nSPS) is 11.0. The van der Waals surface area contributed by atoms with Gasteiger partial charge in [0.05, 0.1) is 28.0 Å². The first-order chi connectivity index (χ1) is 16.1. The Morgan fingerprint density at radius 1 is 0.879 bits per heavy atom. The van der Waals surface area contributed by atoms with Crippen molar-refractivity contribution in [3.63, 3.8) is 0 Å². The lowest BCUT2D eigenvalue weighted by Crippen LogP contribution is -2.01. The molecular weight excluding hydrogens is 404 g/mol. The van der Waals surface area contributed by atoms with E-state index in [1.54, 1.807) is 0 Å². The lowest BCUT2D eigenvalue weighted by atomic mass is 9.91. The maximum atomic E-state index is 10.4. The van der Waals surface area contributed by atoms with E-state index in [0.717, 1.165) is 51.1 Å². The van der Waals surface area contributed by atoms with Gasteiger partial charge in [0, 0.05) is 11.1 Å². The third-order valence-corrected chi connectivity index (χ3v) is 6.15. The Labute approximate surface area is 193 Å². The van der Waals surface area contributed by atoms with Crippen molar-refractivity contribution in [2.24, 2.45) is 0 Å². The molecule has 33 heavy (non-hydrogen) atoms. The maximum Gasteiger partial charge on any atom is 0.164 e. The summed E-state index contributed by atoms with van der Waals surface area (Å²) in [7, 11) is 0. The summed E-state index contributed by atoms with van der Waals surface area (Å²) in [5.74, 6) is 0. The number of aromatic nitrogens is 3. The van der Waals surface area contributed by atoms with Crippen LogP contribution >= 0.6 is 0 Å². The molecule has 0 saturated heterocycles. The summed E-state index contributed by atoms with van der Waals surface area (Å²) in [6.07, 6.45) is 0.965. The van der Waals surface area contributed by atoms with Crippen molar-refractivity contribution in [1.29, 1.82) is 5.26 Å². The molecule has 0 aliphatic rings. The van der Waals surface area contributed by atoms with E-state index in [-0.39, 0.29) is 0 Å². The summed E-state index contributed by atoms with van der Waals surface area (Å²) in [5.41, 5.74) is 9.03. The van der Waals surface area contributed by atoms with Crippen LogP contribution in [0.1, 0.15) is 29.3 Å². The van der Waals surface area contributed by atoms with Crippen molar-refractivity contribution in [3.8, 4) is 34.1 Å². The molecule has 4 heteroatoms. The summed E-state index contributed by atoms with van der Waals surface area (Å²) in [6.45, 7) is 6.20. The van der Waals surface area contributed by atoms with Crippen molar-refractivity contribution >= 4 is 11.0 Å². The predicted octanol–water partition coefficient (Wildman–Crippen LogP) is 6.81. The molecule has 5 aromatic rings. The van der Waals surface area contributed by atoms with Crippen LogP contribution < -0.4 is 0 Å². The summed E-state index contributed by atoms with van der Waals surface area (Å²) in [5, 5.41) is 16.1.